The van der Waals surface area contributed by atoms with Crippen molar-refractivity contribution < 1.29 is 9.59 Å². The third kappa shape index (κ3) is 3.10. The molecule has 2 aliphatic carbocycles. The molecular weight excluding hydrogens is 336 g/mol. The van der Waals surface area contributed by atoms with Gasteiger partial charge in [0.05, 0.1) is 5.57 Å². The van der Waals surface area contributed by atoms with E-state index in [0.717, 1.165) is 25.8 Å². The van der Waals surface area contributed by atoms with Gasteiger partial charge in [-0.2, -0.15) is 5.26 Å². The summed E-state index contributed by atoms with van der Waals surface area (Å²) in [5.74, 6) is 0.793. The van der Waals surface area contributed by atoms with E-state index in [1.807, 2.05) is 30.9 Å². The first kappa shape index (κ1) is 18.0. The Kier molecular flexibility index (Phi) is 4.22. The molecule has 1 aliphatic heterocycles. The number of hydrogen-bond donors (Lipinski definition) is 0. The van der Waals surface area contributed by atoms with Gasteiger partial charge in [-0.25, -0.2) is 0 Å². The minimum atomic E-state index is -0.534. The molecule has 27 heavy (non-hydrogen) atoms. The van der Waals surface area contributed by atoms with Crippen LogP contribution in [0.2, 0.25) is 0 Å². The third-order valence-corrected chi connectivity index (χ3v) is 6.68. The quantitative estimate of drug-likeness (QED) is 0.803. The number of amides is 1. The Balaban J connectivity index is 1.43. The van der Waals surface area contributed by atoms with Crippen molar-refractivity contribution in [2.75, 3.05) is 13.1 Å². The minimum absolute atomic E-state index is 0.0647. The molecule has 0 N–H and O–H groups in total. The number of allylic oxidation sites excluding steroid dienone is 1. The molecule has 4 heteroatoms. The fourth-order valence-electron chi connectivity index (χ4n) is 5.25. The molecule has 1 saturated heterocycles. The highest BCUT2D eigenvalue weighted by molar-refractivity contribution is 6.03. The molecule has 0 aromatic heterocycles. The maximum Gasteiger partial charge on any atom is 0.225 e. The van der Waals surface area contributed by atoms with Crippen LogP contribution in [0.3, 0.4) is 0 Å². The fourth-order valence-corrected chi connectivity index (χ4v) is 5.25. The topological polar surface area (TPSA) is 61.2 Å². The lowest BCUT2D eigenvalue weighted by atomic mass is 9.64. The molecule has 2 fully saturated rings. The first-order valence-corrected chi connectivity index (χ1v) is 9.85. The van der Waals surface area contributed by atoms with E-state index in [1.54, 1.807) is 0 Å². The van der Waals surface area contributed by atoms with Gasteiger partial charge in [-0.05, 0) is 37.2 Å². The zero-order valence-corrected chi connectivity index (χ0v) is 16.1. The van der Waals surface area contributed by atoms with Crippen LogP contribution in [0.15, 0.2) is 42.0 Å². The predicted molar refractivity (Wildman–Crippen MR) is 103 cm³/mol. The normalized spacial score (nSPS) is 32.0. The Morgan fingerprint density at radius 3 is 2.59 bits per heavy atom. The molecule has 4 nitrogen and oxygen atoms in total. The molecule has 1 atom stereocenters. The molecule has 0 bridgehead atoms. The minimum Gasteiger partial charge on any atom is -0.342 e. The number of carbonyl (C=O) groups is 2. The van der Waals surface area contributed by atoms with Gasteiger partial charge >= 0.3 is 0 Å². The lowest BCUT2D eigenvalue weighted by Crippen LogP contribution is -2.43. The summed E-state index contributed by atoms with van der Waals surface area (Å²) in [6, 6.07) is 12.5. The SMILES string of the molecule is CC1(C)C[C@@]2(C=C(C#N)C1=O)CCN(C(=O)C1CC(c3ccccc3)C1)C2. The third-order valence-electron chi connectivity index (χ3n) is 6.68. The van der Waals surface area contributed by atoms with Gasteiger partial charge < -0.3 is 4.90 Å². The monoisotopic (exact) mass is 362 g/mol. The first-order chi connectivity index (χ1) is 12.8. The van der Waals surface area contributed by atoms with Crippen molar-refractivity contribution in [2.24, 2.45) is 16.7 Å². The number of carbonyl (C=O) groups excluding carboxylic acids is 2. The largest absolute Gasteiger partial charge is 0.342 e. The summed E-state index contributed by atoms with van der Waals surface area (Å²) in [6.45, 7) is 5.20. The number of nitriles is 1. The van der Waals surface area contributed by atoms with E-state index in [2.05, 4.69) is 30.3 Å². The van der Waals surface area contributed by atoms with Crippen molar-refractivity contribution in [3.05, 3.63) is 47.5 Å². The van der Waals surface area contributed by atoms with E-state index >= 15 is 0 Å². The van der Waals surface area contributed by atoms with Gasteiger partial charge in [0.2, 0.25) is 5.91 Å². The van der Waals surface area contributed by atoms with E-state index in [1.165, 1.54) is 5.56 Å². The molecule has 4 rings (SSSR count). The number of rotatable bonds is 2. The van der Waals surface area contributed by atoms with Gasteiger partial charge in [0.15, 0.2) is 5.78 Å². The molecule has 3 aliphatic rings. The molecular formula is C23H26N2O2. The van der Waals surface area contributed by atoms with Crippen LogP contribution in [0.5, 0.6) is 0 Å². The van der Waals surface area contributed by atoms with Crippen LogP contribution in [0.1, 0.15) is 51.0 Å². The molecule has 1 saturated carbocycles. The van der Waals surface area contributed by atoms with Crippen molar-refractivity contribution in [2.45, 2.75) is 45.4 Å². The molecule has 1 heterocycles. The zero-order valence-electron chi connectivity index (χ0n) is 16.1. The average Bonchev–Trinajstić information content (AvgIpc) is 3.01. The Morgan fingerprint density at radius 2 is 1.93 bits per heavy atom. The van der Waals surface area contributed by atoms with E-state index < -0.39 is 5.41 Å². The van der Waals surface area contributed by atoms with Crippen LogP contribution in [0, 0.1) is 28.1 Å². The second-order valence-electron chi connectivity index (χ2n) is 9.21. The number of benzene rings is 1. The molecule has 1 amide bonds. The summed E-state index contributed by atoms with van der Waals surface area (Å²) in [6.07, 6.45) is 5.27. The van der Waals surface area contributed by atoms with E-state index in [-0.39, 0.29) is 28.6 Å². The van der Waals surface area contributed by atoms with Crippen LogP contribution in [-0.2, 0) is 9.59 Å². The summed E-state index contributed by atoms with van der Waals surface area (Å²) in [4.78, 5) is 27.4. The van der Waals surface area contributed by atoms with E-state index in [4.69, 9.17) is 0 Å². The fraction of sp³-hybridized carbons (Fsp3) is 0.522. The van der Waals surface area contributed by atoms with Crippen LogP contribution in [0.25, 0.3) is 0 Å². The maximum atomic E-state index is 13.0. The summed E-state index contributed by atoms with van der Waals surface area (Å²) in [7, 11) is 0. The first-order valence-electron chi connectivity index (χ1n) is 9.85. The lowest BCUT2D eigenvalue weighted by Gasteiger charge is -2.40. The highest BCUT2D eigenvalue weighted by Gasteiger charge is 2.50. The number of ketones is 1. The molecule has 1 spiro atoms. The Labute approximate surface area is 160 Å². The lowest BCUT2D eigenvalue weighted by molar-refractivity contribution is -0.138. The summed E-state index contributed by atoms with van der Waals surface area (Å²) < 4.78 is 0. The van der Waals surface area contributed by atoms with Crippen LogP contribution in [0.4, 0.5) is 0 Å². The van der Waals surface area contributed by atoms with Gasteiger partial charge in [-0.1, -0.05) is 50.3 Å². The van der Waals surface area contributed by atoms with Crippen molar-refractivity contribution >= 4 is 11.7 Å². The van der Waals surface area contributed by atoms with Crippen molar-refractivity contribution in [3.8, 4) is 6.07 Å². The molecule has 0 unspecified atom stereocenters. The van der Waals surface area contributed by atoms with Crippen LogP contribution in [-0.4, -0.2) is 29.7 Å². The van der Waals surface area contributed by atoms with Gasteiger partial charge in [0.25, 0.3) is 0 Å². The number of Topliss-reactive ketones (excluding diaryl/α,β-unsaturated/α-hetero) is 1. The maximum absolute atomic E-state index is 13.0. The summed E-state index contributed by atoms with van der Waals surface area (Å²) in [5, 5.41) is 9.37. The molecule has 1 aromatic rings. The van der Waals surface area contributed by atoms with Gasteiger partial charge in [0, 0.05) is 29.8 Å². The Bertz CT molecular complexity index is 843. The smallest absolute Gasteiger partial charge is 0.225 e. The molecule has 1 aromatic carbocycles. The predicted octanol–water partition coefficient (Wildman–Crippen LogP) is 3.85. The Hall–Kier alpha value is -2.41. The molecule has 140 valence electrons. The van der Waals surface area contributed by atoms with Crippen molar-refractivity contribution in [1.82, 2.24) is 4.90 Å². The highest BCUT2D eigenvalue weighted by atomic mass is 16.2. The van der Waals surface area contributed by atoms with Crippen LogP contribution >= 0.6 is 0 Å². The second kappa shape index (κ2) is 6.34. The Morgan fingerprint density at radius 1 is 1.22 bits per heavy atom. The summed E-state index contributed by atoms with van der Waals surface area (Å²) >= 11 is 0. The van der Waals surface area contributed by atoms with Crippen LogP contribution < -0.4 is 0 Å². The van der Waals surface area contributed by atoms with E-state index in [9.17, 15) is 14.9 Å². The second-order valence-corrected chi connectivity index (χ2v) is 9.21. The number of hydrogen-bond acceptors (Lipinski definition) is 3. The molecule has 0 radical (unpaired) electrons. The highest BCUT2D eigenvalue weighted by Crippen LogP contribution is 2.49. The number of nitrogens with zero attached hydrogens (tertiary/aromatic N) is 2. The van der Waals surface area contributed by atoms with Gasteiger partial charge in [-0.15, -0.1) is 0 Å². The van der Waals surface area contributed by atoms with Gasteiger partial charge in [-0.3, -0.25) is 9.59 Å². The van der Waals surface area contributed by atoms with Crippen molar-refractivity contribution in [1.29, 1.82) is 5.26 Å². The zero-order chi connectivity index (χ0) is 19.2. The number of likely N-dealkylation sites (tertiary alicyclic amines) is 1. The standard InChI is InChI=1S/C23H26N2O2/c1-22(2)14-23(12-19(13-24)20(22)26)8-9-25(15-23)21(27)18-10-17(11-18)16-6-4-3-5-7-16/h3-7,12,17-18H,8-11,14-15H2,1-2H3/t17?,18?,23-/m0/s1. The summed E-state index contributed by atoms with van der Waals surface area (Å²) in [5.41, 5.74) is 0.843. The van der Waals surface area contributed by atoms with Crippen molar-refractivity contribution in [3.63, 3.8) is 0 Å². The van der Waals surface area contributed by atoms with E-state index in [0.29, 0.717) is 18.9 Å². The average molecular weight is 362 g/mol. The van der Waals surface area contributed by atoms with Gasteiger partial charge in [0.1, 0.15) is 6.07 Å².